The zero-order valence-corrected chi connectivity index (χ0v) is 18.8. The van der Waals surface area contributed by atoms with Crippen LogP contribution in [0.3, 0.4) is 0 Å². The Morgan fingerprint density at radius 2 is 2.00 bits per heavy atom. The van der Waals surface area contributed by atoms with E-state index >= 15 is 0 Å². The molecule has 0 aromatic heterocycles. The maximum Gasteiger partial charge on any atom is 0.244 e. The predicted molar refractivity (Wildman–Crippen MR) is 123 cm³/mol. The van der Waals surface area contributed by atoms with Crippen molar-refractivity contribution < 1.29 is 14.3 Å². The Morgan fingerprint density at radius 1 is 1.19 bits per heavy atom. The average molecular weight is 441 g/mol. The molecule has 2 aromatic carbocycles. The van der Waals surface area contributed by atoms with Gasteiger partial charge in [-0.25, -0.2) is 5.43 Å². The van der Waals surface area contributed by atoms with E-state index in [0.29, 0.717) is 35.7 Å². The van der Waals surface area contributed by atoms with Crippen LogP contribution in [0.2, 0.25) is 5.02 Å². The van der Waals surface area contributed by atoms with Crippen molar-refractivity contribution in [3.05, 3.63) is 58.6 Å². The summed E-state index contributed by atoms with van der Waals surface area (Å²) in [5.74, 6) is 1.98. The highest BCUT2D eigenvalue weighted by molar-refractivity contribution is 6.30. The van der Waals surface area contributed by atoms with Crippen LogP contribution in [0.5, 0.6) is 11.5 Å². The molecule has 0 heterocycles. The fourth-order valence-corrected chi connectivity index (χ4v) is 4.95. The SMILES string of the molecule is CCOc1cc(/C=N/NC(=O)[C@@H]2[C@H]3CCCC[C@]32C)ccc1OCc1ccc(Cl)cc1. The number of rotatable bonds is 8. The van der Waals surface area contributed by atoms with Crippen molar-refractivity contribution in [2.45, 2.75) is 46.1 Å². The van der Waals surface area contributed by atoms with E-state index < -0.39 is 0 Å². The molecular formula is C25H29ClN2O3. The molecule has 3 atom stereocenters. The fourth-order valence-electron chi connectivity index (χ4n) is 4.82. The van der Waals surface area contributed by atoms with Crippen LogP contribution in [0.25, 0.3) is 0 Å². The highest BCUT2D eigenvalue weighted by Gasteiger charge is 2.64. The molecule has 6 heteroatoms. The van der Waals surface area contributed by atoms with Gasteiger partial charge < -0.3 is 9.47 Å². The molecule has 0 bridgehead atoms. The summed E-state index contributed by atoms with van der Waals surface area (Å²) in [4.78, 5) is 12.6. The van der Waals surface area contributed by atoms with Crippen LogP contribution < -0.4 is 14.9 Å². The summed E-state index contributed by atoms with van der Waals surface area (Å²) >= 11 is 5.93. The minimum absolute atomic E-state index is 0.0404. The molecule has 4 rings (SSSR count). The topological polar surface area (TPSA) is 59.9 Å². The van der Waals surface area contributed by atoms with Gasteiger partial charge >= 0.3 is 0 Å². The first-order chi connectivity index (χ1) is 15.0. The Labute approximate surface area is 188 Å². The number of amides is 1. The van der Waals surface area contributed by atoms with E-state index in [0.717, 1.165) is 24.0 Å². The van der Waals surface area contributed by atoms with Gasteiger partial charge in [0.2, 0.25) is 5.91 Å². The van der Waals surface area contributed by atoms with Crippen LogP contribution in [0.4, 0.5) is 0 Å². The summed E-state index contributed by atoms with van der Waals surface area (Å²) in [6.07, 6.45) is 6.42. The smallest absolute Gasteiger partial charge is 0.244 e. The molecule has 31 heavy (non-hydrogen) atoms. The van der Waals surface area contributed by atoms with E-state index in [1.807, 2.05) is 49.4 Å². The zero-order chi connectivity index (χ0) is 21.8. The van der Waals surface area contributed by atoms with Crippen LogP contribution in [-0.4, -0.2) is 18.7 Å². The van der Waals surface area contributed by atoms with Crippen molar-refractivity contribution in [2.75, 3.05) is 6.61 Å². The van der Waals surface area contributed by atoms with Gasteiger partial charge in [-0.15, -0.1) is 0 Å². The van der Waals surface area contributed by atoms with Crippen LogP contribution in [0.15, 0.2) is 47.6 Å². The first-order valence-electron chi connectivity index (χ1n) is 11.0. The number of hydrogen-bond donors (Lipinski definition) is 1. The third kappa shape index (κ3) is 4.87. The van der Waals surface area contributed by atoms with Gasteiger partial charge in [0.15, 0.2) is 11.5 Å². The van der Waals surface area contributed by atoms with Gasteiger partial charge in [0.1, 0.15) is 6.61 Å². The lowest BCUT2D eigenvalue weighted by atomic mass is 9.90. The summed E-state index contributed by atoms with van der Waals surface area (Å²) in [5, 5.41) is 4.89. The summed E-state index contributed by atoms with van der Waals surface area (Å²) < 4.78 is 11.7. The van der Waals surface area contributed by atoms with Crippen molar-refractivity contribution in [3.8, 4) is 11.5 Å². The van der Waals surface area contributed by atoms with Crippen molar-refractivity contribution >= 4 is 23.7 Å². The van der Waals surface area contributed by atoms with Crippen molar-refractivity contribution in [1.29, 1.82) is 0 Å². The lowest BCUT2D eigenvalue weighted by Gasteiger charge is -2.15. The van der Waals surface area contributed by atoms with Crippen LogP contribution in [0, 0.1) is 17.3 Å². The third-order valence-corrected chi connectivity index (χ3v) is 6.83. The highest BCUT2D eigenvalue weighted by Crippen LogP contribution is 2.66. The lowest BCUT2D eigenvalue weighted by molar-refractivity contribution is -0.123. The molecule has 1 N–H and O–H groups in total. The number of carbonyl (C=O) groups is 1. The molecule has 5 nitrogen and oxygen atoms in total. The molecule has 0 unspecified atom stereocenters. The summed E-state index contributed by atoms with van der Waals surface area (Å²) in [5.41, 5.74) is 4.78. The summed E-state index contributed by atoms with van der Waals surface area (Å²) in [6, 6.07) is 13.2. The highest BCUT2D eigenvalue weighted by atomic mass is 35.5. The van der Waals surface area contributed by atoms with Crippen molar-refractivity contribution in [3.63, 3.8) is 0 Å². The Bertz CT molecular complexity index is 960. The Morgan fingerprint density at radius 3 is 2.71 bits per heavy atom. The predicted octanol–water partition coefficient (Wildman–Crippen LogP) is 5.59. The normalized spacial score (nSPS) is 24.5. The van der Waals surface area contributed by atoms with E-state index in [9.17, 15) is 4.79 Å². The Kier molecular flexibility index (Phi) is 6.51. The van der Waals surface area contributed by atoms with Gasteiger partial charge in [0, 0.05) is 10.9 Å². The monoisotopic (exact) mass is 440 g/mol. The van der Waals surface area contributed by atoms with E-state index in [1.165, 1.54) is 12.8 Å². The number of nitrogens with one attached hydrogen (secondary N) is 1. The summed E-state index contributed by atoms with van der Waals surface area (Å²) in [6.45, 7) is 5.11. The van der Waals surface area contributed by atoms with Gasteiger partial charge in [0.05, 0.1) is 12.8 Å². The summed E-state index contributed by atoms with van der Waals surface area (Å²) in [7, 11) is 0. The molecule has 0 aliphatic heterocycles. The molecule has 0 spiro atoms. The molecular weight excluding hydrogens is 412 g/mol. The van der Waals surface area contributed by atoms with Crippen LogP contribution in [0.1, 0.15) is 50.7 Å². The standard InChI is InChI=1S/C25H29ClN2O3/c1-3-30-22-14-18(9-12-21(22)31-16-17-7-10-19(26)11-8-17)15-27-28-24(29)23-20-6-4-5-13-25(20,23)2/h7-12,14-15,20,23H,3-6,13,16H2,1-2H3,(H,28,29)/b27-15+/t20-,23+,25-/m1/s1. The van der Waals surface area contributed by atoms with Gasteiger partial charge in [-0.1, -0.05) is 43.5 Å². The number of ether oxygens (including phenoxy) is 2. The molecule has 2 aliphatic carbocycles. The van der Waals surface area contributed by atoms with Gasteiger partial charge in [0.25, 0.3) is 0 Å². The molecule has 164 valence electrons. The Hall–Kier alpha value is -2.53. The largest absolute Gasteiger partial charge is 0.490 e. The number of hydrazone groups is 1. The van der Waals surface area contributed by atoms with Gasteiger partial charge in [-0.3, -0.25) is 4.79 Å². The fraction of sp³-hybridized carbons (Fsp3) is 0.440. The quantitative estimate of drug-likeness (QED) is 0.429. The second kappa shape index (κ2) is 9.31. The van der Waals surface area contributed by atoms with Crippen molar-refractivity contribution in [2.24, 2.45) is 22.4 Å². The lowest BCUT2D eigenvalue weighted by Crippen LogP contribution is -2.22. The molecule has 0 saturated heterocycles. The minimum Gasteiger partial charge on any atom is -0.490 e. The van der Waals surface area contributed by atoms with Crippen molar-refractivity contribution in [1.82, 2.24) is 5.43 Å². The van der Waals surface area contributed by atoms with Crippen LogP contribution >= 0.6 is 11.6 Å². The zero-order valence-electron chi connectivity index (χ0n) is 18.1. The molecule has 2 fully saturated rings. The average Bonchev–Trinajstić information content (AvgIpc) is 3.40. The first-order valence-corrected chi connectivity index (χ1v) is 11.4. The number of benzene rings is 2. The number of halogens is 1. The minimum atomic E-state index is 0.0404. The number of nitrogens with zero attached hydrogens (tertiary/aromatic N) is 1. The maximum absolute atomic E-state index is 12.6. The molecule has 2 aromatic rings. The van der Waals surface area contributed by atoms with Crippen LogP contribution in [-0.2, 0) is 11.4 Å². The van der Waals surface area contributed by atoms with E-state index in [2.05, 4.69) is 17.5 Å². The number of hydrogen-bond acceptors (Lipinski definition) is 4. The Balaban J connectivity index is 1.36. The number of carbonyl (C=O) groups excluding carboxylic acids is 1. The molecule has 1 amide bonds. The second-order valence-electron chi connectivity index (χ2n) is 8.62. The van der Waals surface area contributed by atoms with E-state index in [1.54, 1.807) is 6.21 Å². The molecule has 0 radical (unpaired) electrons. The first kappa shape index (κ1) is 21.7. The number of fused-ring (bicyclic) bond motifs is 1. The maximum atomic E-state index is 12.6. The van der Waals surface area contributed by atoms with E-state index in [4.69, 9.17) is 21.1 Å². The van der Waals surface area contributed by atoms with Gasteiger partial charge in [-0.2, -0.15) is 5.10 Å². The van der Waals surface area contributed by atoms with Gasteiger partial charge in [-0.05, 0) is 72.6 Å². The second-order valence-corrected chi connectivity index (χ2v) is 9.06. The third-order valence-electron chi connectivity index (χ3n) is 6.58. The van der Waals surface area contributed by atoms with E-state index in [-0.39, 0.29) is 17.2 Å². The molecule has 2 aliphatic rings. The molecule has 2 saturated carbocycles.